The predicted octanol–water partition coefficient (Wildman–Crippen LogP) is 5.79. The summed E-state index contributed by atoms with van der Waals surface area (Å²) in [5.41, 5.74) is 3.24. The maximum atomic E-state index is 12.3. The van der Waals surface area contributed by atoms with E-state index in [0.29, 0.717) is 35.2 Å². The van der Waals surface area contributed by atoms with Gasteiger partial charge in [-0.05, 0) is 78.7 Å². The van der Waals surface area contributed by atoms with Crippen LogP contribution < -0.4 is 20.1 Å². The van der Waals surface area contributed by atoms with Gasteiger partial charge in [-0.1, -0.05) is 29.8 Å². The summed E-state index contributed by atoms with van der Waals surface area (Å²) in [6.45, 7) is 1.14. The van der Waals surface area contributed by atoms with Gasteiger partial charge in [-0.15, -0.1) is 0 Å². The van der Waals surface area contributed by atoms with E-state index < -0.39 is 0 Å². The van der Waals surface area contributed by atoms with E-state index in [4.69, 9.17) is 21.1 Å². The van der Waals surface area contributed by atoms with Gasteiger partial charge in [-0.25, -0.2) is 0 Å². The number of hydrogen-bond acceptors (Lipinski definition) is 6. The molecule has 4 aromatic rings. The van der Waals surface area contributed by atoms with E-state index >= 15 is 0 Å². The third-order valence-corrected chi connectivity index (χ3v) is 5.98. The molecule has 0 fully saturated rings. The zero-order chi connectivity index (χ0) is 26.7. The number of halogens is 1. The Morgan fingerprint density at radius 1 is 0.947 bits per heavy atom. The number of ether oxygens (including phenoxy) is 2. The van der Waals surface area contributed by atoms with Gasteiger partial charge in [0.1, 0.15) is 11.5 Å². The fraction of sp³-hybridized carbons (Fsp3) is 0.167. The minimum Gasteiger partial charge on any atom is -0.497 e. The Morgan fingerprint density at radius 3 is 2.47 bits per heavy atom. The molecule has 2 N–H and O–H groups in total. The van der Waals surface area contributed by atoms with Crippen molar-refractivity contribution in [2.45, 2.75) is 6.42 Å². The molecule has 3 aromatic carbocycles. The van der Waals surface area contributed by atoms with Gasteiger partial charge in [-0.3, -0.25) is 14.6 Å². The van der Waals surface area contributed by atoms with Crippen LogP contribution in [0.3, 0.4) is 0 Å². The Morgan fingerprint density at radius 2 is 1.71 bits per heavy atom. The lowest BCUT2D eigenvalue weighted by Gasteiger charge is -2.10. The Bertz CT molecular complexity index is 1420. The summed E-state index contributed by atoms with van der Waals surface area (Å²) in [5, 5.41) is 7.89. The van der Waals surface area contributed by atoms with E-state index in [0.717, 1.165) is 28.6 Å². The summed E-state index contributed by atoms with van der Waals surface area (Å²) in [6.07, 6.45) is 5.75. The number of aromatic nitrogens is 1. The summed E-state index contributed by atoms with van der Waals surface area (Å²) in [6, 6.07) is 21.7. The average Bonchev–Trinajstić information content (AvgIpc) is 2.95. The van der Waals surface area contributed by atoms with Crippen LogP contribution in [0.25, 0.3) is 17.0 Å². The average molecular weight is 530 g/mol. The monoisotopic (exact) mass is 529 g/mol. The number of hydrogen-bond donors (Lipinski definition) is 2. The van der Waals surface area contributed by atoms with Crippen molar-refractivity contribution in [1.29, 1.82) is 0 Å². The molecule has 0 bridgehead atoms. The van der Waals surface area contributed by atoms with Crippen molar-refractivity contribution >= 4 is 46.0 Å². The van der Waals surface area contributed by atoms with Crippen LogP contribution in [0.1, 0.15) is 22.3 Å². The van der Waals surface area contributed by atoms with Crippen molar-refractivity contribution in [1.82, 2.24) is 10.3 Å². The zero-order valence-corrected chi connectivity index (χ0v) is 21.7. The second-order valence-electron chi connectivity index (χ2n) is 8.43. The van der Waals surface area contributed by atoms with E-state index in [2.05, 4.69) is 15.6 Å². The topological polar surface area (TPSA) is 89.5 Å². The molecule has 7 nitrogen and oxygen atoms in total. The molecule has 0 saturated carbocycles. The molecule has 0 aliphatic heterocycles. The first-order valence-electron chi connectivity index (χ1n) is 12.2. The summed E-state index contributed by atoms with van der Waals surface area (Å²) in [7, 11) is 1.58. The van der Waals surface area contributed by atoms with Gasteiger partial charge in [-0.2, -0.15) is 0 Å². The van der Waals surface area contributed by atoms with E-state index in [1.165, 1.54) is 6.08 Å². The maximum absolute atomic E-state index is 12.3. The Balaban J connectivity index is 1.15. The van der Waals surface area contributed by atoms with E-state index in [1.54, 1.807) is 55.8 Å². The number of carbonyl (C=O) groups excluding carboxylic acids is 2. The first kappa shape index (κ1) is 26.7. The van der Waals surface area contributed by atoms with Gasteiger partial charge < -0.3 is 20.1 Å². The molecule has 0 unspecified atom stereocenters. The largest absolute Gasteiger partial charge is 0.497 e. The molecule has 0 saturated heterocycles. The van der Waals surface area contributed by atoms with Crippen LogP contribution in [0.2, 0.25) is 5.02 Å². The van der Waals surface area contributed by atoms with Gasteiger partial charge in [0.25, 0.3) is 5.91 Å². The molecular formula is C30H28ClN3O4. The fourth-order valence-electron chi connectivity index (χ4n) is 3.71. The second kappa shape index (κ2) is 13.3. The van der Waals surface area contributed by atoms with Gasteiger partial charge in [0, 0.05) is 40.9 Å². The first-order valence-corrected chi connectivity index (χ1v) is 12.5. The van der Waals surface area contributed by atoms with E-state index in [-0.39, 0.29) is 18.3 Å². The van der Waals surface area contributed by atoms with Crippen molar-refractivity contribution in [3.63, 3.8) is 0 Å². The standard InChI is InChI=1S/C30H28ClN3O4/c1-37-24-11-6-22(7-12-24)29(35)14-5-21-3-9-25(10-4-21)38-20-30(36)34-17-2-16-32-27-15-18-33-28-19-23(31)8-13-26(27)28/h3-15,18-19H,2,16-17,20H2,1H3,(H,32,33)(H,34,36)/b14-5+. The summed E-state index contributed by atoms with van der Waals surface area (Å²) >= 11 is 6.04. The fourth-order valence-corrected chi connectivity index (χ4v) is 3.88. The number of benzene rings is 3. The minimum atomic E-state index is -0.192. The molecular weight excluding hydrogens is 502 g/mol. The van der Waals surface area contributed by atoms with Crippen molar-refractivity contribution in [2.75, 3.05) is 32.1 Å². The number of pyridine rings is 1. The Labute approximate surface area is 226 Å². The molecule has 0 aliphatic rings. The van der Waals surface area contributed by atoms with Crippen LogP contribution in [-0.4, -0.2) is 43.5 Å². The number of nitrogens with one attached hydrogen (secondary N) is 2. The second-order valence-corrected chi connectivity index (χ2v) is 8.87. The normalized spacial score (nSPS) is 10.9. The first-order chi connectivity index (χ1) is 18.5. The molecule has 0 radical (unpaired) electrons. The van der Waals surface area contributed by atoms with Crippen LogP contribution in [0.5, 0.6) is 11.5 Å². The lowest BCUT2D eigenvalue weighted by molar-refractivity contribution is -0.123. The number of ketones is 1. The van der Waals surface area contributed by atoms with Crippen molar-refractivity contribution in [3.8, 4) is 11.5 Å². The molecule has 4 rings (SSSR count). The third kappa shape index (κ3) is 7.57. The van der Waals surface area contributed by atoms with E-state index in [1.807, 2.05) is 36.4 Å². The molecule has 0 aliphatic carbocycles. The van der Waals surface area contributed by atoms with Gasteiger partial charge >= 0.3 is 0 Å². The number of amides is 1. The summed E-state index contributed by atoms with van der Waals surface area (Å²) in [5.74, 6) is 0.986. The molecule has 1 aromatic heterocycles. The van der Waals surface area contributed by atoms with Gasteiger partial charge in [0.05, 0.1) is 12.6 Å². The van der Waals surface area contributed by atoms with Crippen LogP contribution >= 0.6 is 11.6 Å². The Hall–Kier alpha value is -4.36. The number of carbonyl (C=O) groups is 2. The van der Waals surface area contributed by atoms with Crippen LogP contribution in [-0.2, 0) is 4.79 Å². The molecule has 1 amide bonds. The Kier molecular flexibility index (Phi) is 9.32. The van der Waals surface area contributed by atoms with Crippen molar-refractivity contribution < 1.29 is 19.1 Å². The lowest BCUT2D eigenvalue weighted by atomic mass is 10.1. The van der Waals surface area contributed by atoms with Crippen LogP contribution in [0.4, 0.5) is 5.69 Å². The molecule has 0 spiro atoms. The van der Waals surface area contributed by atoms with Crippen LogP contribution in [0, 0.1) is 0 Å². The number of allylic oxidation sites excluding steroid dienone is 1. The van der Waals surface area contributed by atoms with Crippen LogP contribution in [0.15, 0.2) is 85.1 Å². The third-order valence-electron chi connectivity index (χ3n) is 5.75. The number of rotatable bonds is 12. The summed E-state index contributed by atoms with van der Waals surface area (Å²) < 4.78 is 10.7. The maximum Gasteiger partial charge on any atom is 0.257 e. The minimum absolute atomic E-state index is 0.0751. The number of nitrogens with zero attached hydrogens (tertiary/aromatic N) is 1. The highest BCUT2D eigenvalue weighted by Gasteiger charge is 2.05. The van der Waals surface area contributed by atoms with Crippen molar-refractivity contribution in [2.24, 2.45) is 0 Å². The molecule has 8 heteroatoms. The van der Waals surface area contributed by atoms with Gasteiger partial charge in [0.2, 0.25) is 0 Å². The number of fused-ring (bicyclic) bond motifs is 1. The molecule has 194 valence electrons. The highest BCUT2D eigenvalue weighted by atomic mass is 35.5. The van der Waals surface area contributed by atoms with Crippen molar-refractivity contribution in [3.05, 3.63) is 101 Å². The quantitative estimate of drug-likeness (QED) is 0.137. The van der Waals surface area contributed by atoms with E-state index in [9.17, 15) is 9.59 Å². The molecule has 38 heavy (non-hydrogen) atoms. The number of methoxy groups -OCH3 is 1. The highest BCUT2D eigenvalue weighted by molar-refractivity contribution is 6.31. The summed E-state index contributed by atoms with van der Waals surface area (Å²) in [4.78, 5) is 28.8. The smallest absolute Gasteiger partial charge is 0.257 e. The molecule has 0 atom stereocenters. The zero-order valence-electron chi connectivity index (χ0n) is 20.9. The highest BCUT2D eigenvalue weighted by Crippen LogP contribution is 2.24. The molecule has 1 heterocycles. The predicted molar refractivity (Wildman–Crippen MR) is 151 cm³/mol. The SMILES string of the molecule is COc1ccc(C(=O)/C=C/c2ccc(OCC(=O)NCCCNc3ccnc4cc(Cl)ccc34)cc2)cc1. The number of anilines is 1. The lowest BCUT2D eigenvalue weighted by Crippen LogP contribution is -2.30. The van der Waals surface area contributed by atoms with Gasteiger partial charge in [0.15, 0.2) is 12.4 Å².